The van der Waals surface area contributed by atoms with Crippen LogP contribution in [0.4, 0.5) is 5.13 Å². The van der Waals surface area contributed by atoms with Crippen molar-refractivity contribution < 1.29 is 8.42 Å². The fourth-order valence-corrected chi connectivity index (χ4v) is 6.09. The minimum atomic E-state index is -3.93. The summed E-state index contributed by atoms with van der Waals surface area (Å²) >= 11 is 3.40. The summed E-state index contributed by atoms with van der Waals surface area (Å²) in [5, 5.41) is 20.4. The molecule has 2 aromatic carbocycles. The first-order valence-electron chi connectivity index (χ1n) is 8.07. The molecule has 4 N–H and O–H groups in total. The number of fused-ring (bicyclic) bond motifs is 2. The molecule has 9 nitrogen and oxygen atoms in total. The molecule has 0 saturated carbocycles. The Morgan fingerprint density at radius 2 is 1.83 bits per heavy atom. The first kappa shape index (κ1) is 18.4. The molecule has 0 unspecified atom stereocenters. The van der Waals surface area contributed by atoms with Crippen LogP contribution in [0.15, 0.2) is 56.2 Å². The number of imidazole rings is 1. The molecule has 0 radical (unpaired) electrons. The summed E-state index contributed by atoms with van der Waals surface area (Å²) in [5.41, 5.74) is 7.23. The lowest BCUT2D eigenvalue weighted by Crippen LogP contribution is -2.12. The second kappa shape index (κ2) is 6.74. The molecule has 0 atom stereocenters. The highest BCUT2D eigenvalue weighted by Gasteiger charge is 2.24. The predicted octanol–water partition coefficient (Wildman–Crippen LogP) is 2.84. The molecule has 5 aromatic rings. The largest absolute Gasteiger partial charge is 0.374 e. The third-order valence-electron chi connectivity index (χ3n) is 4.02. The van der Waals surface area contributed by atoms with Gasteiger partial charge in [-0.3, -0.25) is 0 Å². The van der Waals surface area contributed by atoms with Gasteiger partial charge < -0.3 is 5.73 Å². The first-order valence-corrected chi connectivity index (χ1v) is 12.1. The number of rotatable bonds is 4. The van der Waals surface area contributed by atoms with E-state index in [1.165, 1.54) is 27.6 Å². The average molecular weight is 462 g/mol. The third kappa shape index (κ3) is 3.36. The molecular formula is C16H11N7O2S4. The number of nitrogens with zero attached hydrogens (tertiary/aromatic N) is 5. The lowest BCUT2D eigenvalue weighted by atomic mass is 10.1. The van der Waals surface area contributed by atoms with Crippen LogP contribution in [0.25, 0.3) is 27.0 Å². The number of hydrogen-bond acceptors (Lipinski definition) is 10. The fraction of sp³-hybridized carbons (Fsp3) is 0. The first-order chi connectivity index (χ1) is 13.9. The Bertz CT molecular complexity index is 1490. The monoisotopic (exact) mass is 461 g/mol. The van der Waals surface area contributed by atoms with Crippen molar-refractivity contribution in [3.8, 4) is 11.3 Å². The Balaban J connectivity index is 1.72. The van der Waals surface area contributed by atoms with Crippen molar-refractivity contribution in [1.82, 2.24) is 24.8 Å². The summed E-state index contributed by atoms with van der Waals surface area (Å²) in [7, 11) is -3.93. The molecular weight excluding hydrogens is 450 g/mol. The standard InChI is InChI=1S/C16H11N7O2S4/c17-13-20-21-15(27-13)26-12-11(10-6-5-8-3-1-2-4-9(8)7-10)19-14-23(12)22-16(28-14)29(18,24)25/h1-7H,(H2,17,20)(H2,18,24,25). The second-order valence-corrected chi connectivity index (χ2v) is 10.9. The van der Waals surface area contributed by atoms with Crippen LogP contribution in [0.3, 0.4) is 0 Å². The van der Waals surface area contributed by atoms with Gasteiger partial charge in [0.15, 0.2) is 4.34 Å². The number of nitrogens with two attached hydrogens (primary N) is 2. The Morgan fingerprint density at radius 1 is 1.03 bits per heavy atom. The molecule has 146 valence electrons. The molecule has 3 aromatic heterocycles. The molecule has 0 saturated heterocycles. The van der Waals surface area contributed by atoms with E-state index in [9.17, 15) is 8.42 Å². The maximum Gasteiger partial charge on any atom is 0.267 e. The molecule has 0 aliphatic heterocycles. The van der Waals surface area contributed by atoms with Crippen LogP contribution < -0.4 is 10.9 Å². The molecule has 0 spiro atoms. The molecule has 5 rings (SSSR count). The number of anilines is 1. The molecule has 29 heavy (non-hydrogen) atoms. The molecule has 0 fully saturated rings. The van der Waals surface area contributed by atoms with E-state index in [1.807, 2.05) is 42.5 Å². The SMILES string of the molecule is Nc1nnc(Sc2c(-c3ccc4ccccc4c3)nc3sc(S(N)(=O)=O)nn23)s1. The van der Waals surface area contributed by atoms with Gasteiger partial charge in [-0.25, -0.2) is 18.5 Å². The van der Waals surface area contributed by atoms with E-state index in [-0.39, 0.29) is 4.34 Å². The lowest BCUT2D eigenvalue weighted by Gasteiger charge is -2.04. The van der Waals surface area contributed by atoms with Crippen LogP contribution in [0, 0.1) is 0 Å². The van der Waals surface area contributed by atoms with E-state index in [0.717, 1.165) is 27.7 Å². The molecule has 0 bridgehead atoms. The van der Waals surface area contributed by atoms with Crippen molar-refractivity contribution in [2.75, 3.05) is 5.73 Å². The van der Waals surface area contributed by atoms with Gasteiger partial charge in [-0.2, -0.15) is 4.52 Å². The zero-order valence-corrected chi connectivity index (χ0v) is 17.6. The normalized spacial score (nSPS) is 12.2. The zero-order valence-electron chi connectivity index (χ0n) is 14.4. The summed E-state index contributed by atoms with van der Waals surface area (Å²) in [5.74, 6) is 0. The van der Waals surface area contributed by atoms with E-state index in [2.05, 4.69) is 20.3 Å². The minimum absolute atomic E-state index is 0.205. The lowest BCUT2D eigenvalue weighted by molar-refractivity contribution is 0.594. The summed E-state index contributed by atoms with van der Waals surface area (Å²) in [6, 6.07) is 14.0. The summed E-state index contributed by atoms with van der Waals surface area (Å²) in [6.07, 6.45) is 0. The average Bonchev–Trinajstić information content (AvgIpc) is 3.37. The van der Waals surface area contributed by atoms with E-state index in [4.69, 9.17) is 10.9 Å². The van der Waals surface area contributed by atoms with Gasteiger partial charge in [0.1, 0.15) is 10.7 Å². The number of sulfonamides is 1. The Morgan fingerprint density at radius 3 is 2.55 bits per heavy atom. The topological polar surface area (TPSA) is 142 Å². The number of benzene rings is 2. The van der Waals surface area contributed by atoms with Crippen molar-refractivity contribution in [1.29, 1.82) is 0 Å². The second-order valence-electron chi connectivity index (χ2n) is 5.94. The number of aromatic nitrogens is 5. The zero-order chi connectivity index (χ0) is 20.2. The van der Waals surface area contributed by atoms with Gasteiger partial charge in [0, 0.05) is 5.56 Å². The van der Waals surface area contributed by atoms with Gasteiger partial charge in [0.05, 0.1) is 0 Å². The van der Waals surface area contributed by atoms with Crippen LogP contribution in [0.2, 0.25) is 0 Å². The van der Waals surface area contributed by atoms with E-state index in [0.29, 0.717) is 25.2 Å². The Kier molecular flexibility index (Phi) is 4.29. The van der Waals surface area contributed by atoms with Crippen LogP contribution >= 0.6 is 34.4 Å². The molecule has 0 amide bonds. The maximum absolute atomic E-state index is 11.7. The van der Waals surface area contributed by atoms with Gasteiger partial charge >= 0.3 is 0 Å². The van der Waals surface area contributed by atoms with Crippen molar-refractivity contribution in [3.63, 3.8) is 0 Å². The molecule has 0 aliphatic carbocycles. The highest BCUT2D eigenvalue weighted by molar-refractivity contribution is 8.01. The van der Waals surface area contributed by atoms with Crippen molar-refractivity contribution >= 4 is 65.3 Å². The summed E-state index contributed by atoms with van der Waals surface area (Å²) < 4.78 is 25.3. The van der Waals surface area contributed by atoms with Crippen LogP contribution in [0.5, 0.6) is 0 Å². The minimum Gasteiger partial charge on any atom is -0.374 e. The van der Waals surface area contributed by atoms with Crippen LogP contribution in [-0.4, -0.2) is 33.2 Å². The quantitative estimate of drug-likeness (QED) is 0.416. The van der Waals surface area contributed by atoms with Crippen molar-refractivity contribution in [3.05, 3.63) is 42.5 Å². The number of hydrogen-bond donors (Lipinski definition) is 2. The van der Waals surface area contributed by atoms with E-state index >= 15 is 0 Å². The summed E-state index contributed by atoms with van der Waals surface area (Å²) in [6.45, 7) is 0. The Labute approximate surface area is 176 Å². The predicted molar refractivity (Wildman–Crippen MR) is 114 cm³/mol. The van der Waals surface area contributed by atoms with Gasteiger partial charge in [-0.1, -0.05) is 59.1 Å². The third-order valence-corrected chi connectivity index (χ3v) is 8.10. The van der Waals surface area contributed by atoms with E-state index in [1.54, 1.807) is 0 Å². The van der Waals surface area contributed by atoms with Gasteiger partial charge in [-0.15, -0.1) is 15.3 Å². The van der Waals surface area contributed by atoms with Crippen LogP contribution in [0.1, 0.15) is 0 Å². The van der Waals surface area contributed by atoms with Gasteiger partial charge in [0.25, 0.3) is 10.0 Å². The number of primary sulfonamides is 1. The smallest absolute Gasteiger partial charge is 0.267 e. The molecule has 0 aliphatic rings. The van der Waals surface area contributed by atoms with Gasteiger partial charge in [0.2, 0.25) is 14.4 Å². The van der Waals surface area contributed by atoms with Crippen molar-refractivity contribution in [2.24, 2.45) is 5.14 Å². The fourth-order valence-electron chi connectivity index (χ4n) is 2.79. The summed E-state index contributed by atoms with van der Waals surface area (Å²) in [4.78, 5) is 5.04. The molecule has 13 heteroatoms. The highest BCUT2D eigenvalue weighted by atomic mass is 32.2. The molecule has 3 heterocycles. The van der Waals surface area contributed by atoms with Crippen LogP contribution in [-0.2, 0) is 10.0 Å². The number of nitrogen functional groups attached to an aromatic ring is 1. The van der Waals surface area contributed by atoms with E-state index < -0.39 is 10.0 Å². The maximum atomic E-state index is 11.7. The Hall–Kier alpha value is -2.58. The van der Waals surface area contributed by atoms with Crippen molar-refractivity contribution in [2.45, 2.75) is 13.7 Å². The highest BCUT2D eigenvalue weighted by Crippen LogP contribution is 2.39. The van der Waals surface area contributed by atoms with Gasteiger partial charge in [-0.05, 0) is 28.6 Å².